The summed E-state index contributed by atoms with van der Waals surface area (Å²) in [5, 5.41) is 0. The van der Waals surface area contributed by atoms with Gasteiger partial charge in [-0.3, -0.25) is 9.78 Å². The predicted molar refractivity (Wildman–Crippen MR) is 91.2 cm³/mol. The molecule has 126 valence electrons. The van der Waals surface area contributed by atoms with Gasteiger partial charge in [-0.1, -0.05) is 13.8 Å². The fourth-order valence-corrected chi connectivity index (χ4v) is 3.91. The molecule has 1 spiro atoms. The van der Waals surface area contributed by atoms with E-state index in [1.165, 1.54) is 12.8 Å². The summed E-state index contributed by atoms with van der Waals surface area (Å²) < 4.78 is 0. The smallest absolute Gasteiger partial charge is 0.222 e. The van der Waals surface area contributed by atoms with E-state index in [0.717, 1.165) is 44.8 Å². The van der Waals surface area contributed by atoms with Gasteiger partial charge in [0.25, 0.3) is 0 Å². The van der Waals surface area contributed by atoms with Crippen LogP contribution in [-0.2, 0) is 4.79 Å². The molecular weight excluding hydrogens is 288 g/mol. The Morgan fingerprint density at radius 2 is 2.13 bits per heavy atom. The minimum Gasteiger partial charge on any atom is -0.355 e. The Balaban J connectivity index is 1.69. The largest absolute Gasteiger partial charge is 0.355 e. The number of hydrogen-bond donors (Lipinski definition) is 0. The molecule has 0 saturated carbocycles. The number of carbonyl (C=O) groups excluding carboxylic acids is 1. The molecule has 1 aromatic rings. The highest BCUT2D eigenvalue weighted by Crippen LogP contribution is 2.39. The highest BCUT2D eigenvalue weighted by atomic mass is 16.2. The van der Waals surface area contributed by atoms with Crippen molar-refractivity contribution in [3.05, 3.63) is 18.6 Å². The van der Waals surface area contributed by atoms with Crippen LogP contribution >= 0.6 is 0 Å². The molecular formula is C18H28N4O. The Morgan fingerprint density at radius 3 is 2.87 bits per heavy atom. The third-order valence-corrected chi connectivity index (χ3v) is 5.26. The summed E-state index contributed by atoms with van der Waals surface area (Å²) in [4.78, 5) is 25.4. The average molecular weight is 316 g/mol. The SMILES string of the molecule is CC(C)CCN1C[C@]2(CCCN(c3cnccn3)C2)CCC1=O. The van der Waals surface area contributed by atoms with Gasteiger partial charge in [-0.25, -0.2) is 4.98 Å². The van der Waals surface area contributed by atoms with E-state index in [1.54, 1.807) is 12.4 Å². The maximum absolute atomic E-state index is 12.3. The first-order chi connectivity index (χ1) is 11.1. The number of aromatic nitrogens is 2. The minimum absolute atomic E-state index is 0.237. The van der Waals surface area contributed by atoms with Crippen molar-refractivity contribution in [2.24, 2.45) is 11.3 Å². The van der Waals surface area contributed by atoms with Gasteiger partial charge in [-0.2, -0.15) is 0 Å². The quantitative estimate of drug-likeness (QED) is 0.857. The molecule has 0 aromatic carbocycles. The molecule has 23 heavy (non-hydrogen) atoms. The molecule has 2 aliphatic rings. The van der Waals surface area contributed by atoms with Gasteiger partial charge >= 0.3 is 0 Å². The number of rotatable bonds is 4. The first kappa shape index (κ1) is 16.2. The van der Waals surface area contributed by atoms with Crippen molar-refractivity contribution in [1.82, 2.24) is 14.9 Å². The summed E-state index contributed by atoms with van der Waals surface area (Å²) in [5.74, 6) is 1.95. The van der Waals surface area contributed by atoms with Crippen LogP contribution in [0.4, 0.5) is 5.82 Å². The highest BCUT2D eigenvalue weighted by Gasteiger charge is 2.41. The Labute approximate surface area is 139 Å². The maximum atomic E-state index is 12.3. The zero-order valence-electron chi connectivity index (χ0n) is 14.4. The summed E-state index contributed by atoms with van der Waals surface area (Å²) in [7, 11) is 0. The van der Waals surface area contributed by atoms with Crippen LogP contribution in [0.15, 0.2) is 18.6 Å². The van der Waals surface area contributed by atoms with Gasteiger partial charge in [0.05, 0.1) is 6.20 Å². The fourth-order valence-electron chi connectivity index (χ4n) is 3.91. The molecule has 0 aliphatic carbocycles. The van der Waals surface area contributed by atoms with E-state index in [-0.39, 0.29) is 5.41 Å². The van der Waals surface area contributed by atoms with Crippen molar-refractivity contribution < 1.29 is 4.79 Å². The molecule has 3 heterocycles. The van der Waals surface area contributed by atoms with Crippen molar-refractivity contribution in [2.75, 3.05) is 31.1 Å². The molecule has 1 aromatic heterocycles. The summed E-state index contributed by atoms with van der Waals surface area (Å²) in [6, 6.07) is 0. The van der Waals surface area contributed by atoms with E-state index in [4.69, 9.17) is 0 Å². The van der Waals surface area contributed by atoms with Crippen LogP contribution in [-0.4, -0.2) is 47.0 Å². The number of carbonyl (C=O) groups is 1. The van der Waals surface area contributed by atoms with Crippen LogP contribution in [0.5, 0.6) is 0 Å². The van der Waals surface area contributed by atoms with Crippen LogP contribution in [0.3, 0.4) is 0 Å². The van der Waals surface area contributed by atoms with Gasteiger partial charge in [0, 0.05) is 50.4 Å². The summed E-state index contributed by atoms with van der Waals surface area (Å²) in [6.07, 6.45) is 10.5. The number of anilines is 1. The lowest BCUT2D eigenvalue weighted by molar-refractivity contribution is -0.138. The standard InChI is InChI=1S/C18H28N4O/c1-15(2)5-11-22-14-18(7-4-17(22)23)6-3-10-21(13-18)16-12-19-8-9-20-16/h8-9,12,15H,3-7,10-11,13-14H2,1-2H3/t18-/m1/s1. The summed E-state index contributed by atoms with van der Waals surface area (Å²) >= 11 is 0. The Hall–Kier alpha value is -1.65. The first-order valence-corrected chi connectivity index (χ1v) is 8.87. The minimum atomic E-state index is 0.237. The van der Waals surface area contributed by atoms with Crippen molar-refractivity contribution in [1.29, 1.82) is 0 Å². The van der Waals surface area contributed by atoms with Gasteiger partial charge in [-0.15, -0.1) is 0 Å². The monoisotopic (exact) mass is 316 g/mol. The number of nitrogens with zero attached hydrogens (tertiary/aromatic N) is 4. The molecule has 2 aliphatic heterocycles. The average Bonchev–Trinajstić information content (AvgIpc) is 2.57. The molecule has 0 radical (unpaired) electrons. The second-order valence-electron chi connectivity index (χ2n) is 7.59. The van der Waals surface area contributed by atoms with Crippen LogP contribution in [0.2, 0.25) is 0 Å². The van der Waals surface area contributed by atoms with Crippen LogP contribution in [0.25, 0.3) is 0 Å². The van der Waals surface area contributed by atoms with Crippen molar-refractivity contribution >= 4 is 11.7 Å². The fraction of sp³-hybridized carbons (Fsp3) is 0.722. The molecule has 2 saturated heterocycles. The molecule has 0 bridgehead atoms. The van der Waals surface area contributed by atoms with Crippen molar-refractivity contribution in [3.63, 3.8) is 0 Å². The number of hydrogen-bond acceptors (Lipinski definition) is 4. The normalized spacial score (nSPS) is 25.4. The lowest BCUT2D eigenvalue weighted by Crippen LogP contribution is -2.54. The van der Waals surface area contributed by atoms with Gasteiger partial charge in [0.1, 0.15) is 5.82 Å². The van der Waals surface area contributed by atoms with Gasteiger partial charge in [0.2, 0.25) is 5.91 Å². The molecule has 2 fully saturated rings. The summed E-state index contributed by atoms with van der Waals surface area (Å²) in [5.41, 5.74) is 0.237. The van der Waals surface area contributed by atoms with E-state index in [1.807, 2.05) is 6.20 Å². The van der Waals surface area contributed by atoms with Gasteiger partial charge in [-0.05, 0) is 31.6 Å². The lowest BCUT2D eigenvalue weighted by Gasteiger charge is -2.48. The van der Waals surface area contributed by atoms with E-state index in [9.17, 15) is 4.79 Å². The van der Waals surface area contributed by atoms with Crippen LogP contribution < -0.4 is 4.90 Å². The van der Waals surface area contributed by atoms with E-state index in [0.29, 0.717) is 18.2 Å². The molecule has 0 N–H and O–H groups in total. The summed E-state index contributed by atoms with van der Waals surface area (Å²) in [6.45, 7) is 8.30. The second-order valence-corrected chi connectivity index (χ2v) is 7.59. The van der Waals surface area contributed by atoms with Crippen LogP contribution in [0, 0.1) is 11.3 Å². The third-order valence-electron chi connectivity index (χ3n) is 5.26. The molecule has 5 heteroatoms. The molecule has 1 atom stereocenters. The molecule has 3 rings (SSSR count). The molecule has 1 amide bonds. The van der Waals surface area contributed by atoms with Crippen molar-refractivity contribution in [3.8, 4) is 0 Å². The third kappa shape index (κ3) is 3.82. The van der Waals surface area contributed by atoms with E-state index in [2.05, 4.69) is 33.6 Å². The van der Waals surface area contributed by atoms with E-state index < -0.39 is 0 Å². The highest BCUT2D eigenvalue weighted by molar-refractivity contribution is 5.77. The molecule has 0 unspecified atom stereocenters. The van der Waals surface area contributed by atoms with Gasteiger partial charge in [0.15, 0.2) is 0 Å². The first-order valence-electron chi connectivity index (χ1n) is 8.87. The lowest BCUT2D eigenvalue weighted by atomic mass is 9.73. The zero-order valence-corrected chi connectivity index (χ0v) is 14.4. The Morgan fingerprint density at radius 1 is 1.26 bits per heavy atom. The number of likely N-dealkylation sites (tertiary alicyclic amines) is 1. The number of amides is 1. The van der Waals surface area contributed by atoms with Crippen LogP contribution in [0.1, 0.15) is 46.0 Å². The zero-order chi connectivity index (χ0) is 16.3. The second kappa shape index (κ2) is 6.85. The van der Waals surface area contributed by atoms with E-state index >= 15 is 0 Å². The van der Waals surface area contributed by atoms with Gasteiger partial charge < -0.3 is 9.80 Å². The van der Waals surface area contributed by atoms with Crippen molar-refractivity contribution in [2.45, 2.75) is 46.0 Å². The Kier molecular flexibility index (Phi) is 4.83. The number of piperidine rings is 2. The topological polar surface area (TPSA) is 49.3 Å². The Bertz CT molecular complexity index is 533. The maximum Gasteiger partial charge on any atom is 0.222 e. The molecule has 5 nitrogen and oxygen atoms in total. The predicted octanol–water partition coefficient (Wildman–Crippen LogP) is 2.73.